The van der Waals surface area contributed by atoms with Crippen molar-refractivity contribution in [2.24, 2.45) is 5.92 Å². The first-order chi connectivity index (χ1) is 9.61. The molecule has 6 nitrogen and oxygen atoms in total. The molecule has 0 spiro atoms. The number of hydrogen-bond acceptors (Lipinski definition) is 4. The maximum Gasteiger partial charge on any atom is 0.277 e. The number of anilines is 1. The lowest BCUT2D eigenvalue weighted by atomic mass is 10.1. The van der Waals surface area contributed by atoms with E-state index in [1.807, 2.05) is 24.7 Å². The number of amides is 1. The van der Waals surface area contributed by atoms with Crippen LogP contribution in [-0.2, 0) is 6.54 Å². The maximum absolute atomic E-state index is 12.0. The predicted octanol–water partition coefficient (Wildman–Crippen LogP) is 2.66. The molecule has 0 saturated heterocycles. The van der Waals surface area contributed by atoms with E-state index in [9.17, 15) is 4.79 Å². The highest BCUT2D eigenvalue weighted by atomic mass is 16.5. The van der Waals surface area contributed by atoms with E-state index in [1.54, 1.807) is 12.3 Å². The second-order valence-electron chi connectivity index (χ2n) is 5.62. The Morgan fingerprint density at radius 1 is 1.55 bits per heavy atom. The second-order valence-corrected chi connectivity index (χ2v) is 5.62. The molecular formula is C14H18N4O2. The van der Waals surface area contributed by atoms with E-state index in [2.05, 4.69) is 15.6 Å². The molecule has 20 heavy (non-hydrogen) atoms. The predicted molar refractivity (Wildman–Crippen MR) is 73.5 cm³/mol. The van der Waals surface area contributed by atoms with Crippen LogP contribution < -0.4 is 5.32 Å². The van der Waals surface area contributed by atoms with Crippen LogP contribution in [0.5, 0.6) is 0 Å². The van der Waals surface area contributed by atoms with Gasteiger partial charge in [-0.3, -0.25) is 9.48 Å². The summed E-state index contributed by atoms with van der Waals surface area (Å²) < 4.78 is 6.99. The summed E-state index contributed by atoms with van der Waals surface area (Å²) in [5.74, 6) is 1.40. The molecule has 2 heterocycles. The van der Waals surface area contributed by atoms with Gasteiger partial charge in [0, 0.05) is 24.7 Å². The third-order valence-electron chi connectivity index (χ3n) is 3.36. The number of carbonyl (C=O) groups is 1. The summed E-state index contributed by atoms with van der Waals surface area (Å²) in [6.45, 7) is 4.91. The number of nitrogens with zero attached hydrogens (tertiary/aromatic N) is 3. The minimum Gasteiger partial charge on any atom is -0.360 e. The standard InChI is InChI=1S/C14H18N4O2/c1-9(2)13-5-12(17-20-13)14(19)16-11-6-15-18(8-11)7-10-3-4-10/h5-6,8-10H,3-4,7H2,1-2H3,(H,16,19). The molecule has 0 atom stereocenters. The molecule has 2 aromatic rings. The Labute approximate surface area is 117 Å². The molecule has 0 radical (unpaired) electrons. The van der Waals surface area contributed by atoms with E-state index < -0.39 is 0 Å². The minimum absolute atomic E-state index is 0.213. The summed E-state index contributed by atoms with van der Waals surface area (Å²) in [5.41, 5.74) is 0.980. The van der Waals surface area contributed by atoms with E-state index in [0.717, 1.165) is 12.5 Å². The topological polar surface area (TPSA) is 73.0 Å². The summed E-state index contributed by atoms with van der Waals surface area (Å²) >= 11 is 0. The van der Waals surface area contributed by atoms with E-state index in [1.165, 1.54) is 12.8 Å². The van der Waals surface area contributed by atoms with Crippen LogP contribution >= 0.6 is 0 Å². The fraction of sp³-hybridized carbons (Fsp3) is 0.500. The summed E-state index contributed by atoms with van der Waals surface area (Å²) in [6, 6.07) is 1.68. The van der Waals surface area contributed by atoms with Crippen molar-refractivity contribution in [1.29, 1.82) is 0 Å². The van der Waals surface area contributed by atoms with Gasteiger partial charge >= 0.3 is 0 Å². The number of hydrogen-bond donors (Lipinski definition) is 1. The van der Waals surface area contributed by atoms with Gasteiger partial charge in [0.15, 0.2) is 5.69 Å². The van der Waals surface area contributed by atoms with Crippen molar-refractivity contribution in [1.82, 2.24) is 14.9 Å². The highest BCUT2D eigenvalue weighted by Gasteiger charge is 2.22. The van der Waals surface area contributed by atoms with Crippen LogP contribution in [0.15, 0.2) is 23.0 Å². The van der Waals surface area contributed by atoms with Crippen molar-refractivity contribution in [2.75, 3.05) is 5.32 Å². The van der Waals surface area contributed by atoms with Gasteiger partial charge in [-0.15, -0.1) is 0 Å². The first-order valence-electron chi connectivity index (χ1n) is 6.92. The molecule has 0 unspecified atom stereocenters. The van der Waals surface area contributed by atoms with Gasteiger partial charge in [0.1, 0.15) is 5.76 Å². The zero-order chi connectivity index (χ0) is 14.1. The van der Waals surface area contributed by atoms with Crippen LogP contribution in [0, 0.1) is 5.92 Å². The third-order valence-corrected chi connectivity index (χ3v) is 3.36. The van der Waals surface area contributed by atoms with Gasteiger partial charge < -0.3 is 9.84 Å². The summed E-state index contributed by atoms with van der Waals surface area (Å²) in [4.78, 5) is 12.0. The number of aromatic nitrogens is 3. The Hall–Kier alpha value is -2.11. The van der Waals surface area contributed by atoms with Crippen LogP contribution in [0.25, 0.3) is 0 Å². The molecule has 0 bridgehead atoms. The lowest BCUT2D eigenvalue weighted by molar-refractivity contribution is 0.101. The molecule has 6 heteroatoms. The van der Waals surface area contributed by atoms with Crippen molar-refractivity contribution in [3.05, 3.63) is 29.9 Å². The molecule has 0 aliphatic heterocycles. The fourth-order valence-corrected chi connectivity index (χ4v) is 1.96. The van der Waals surface area contributed by atoms with Gasteiger partial charge in [-0.05, 0) is 18.8 Å². The maximum atomic E-state index is 12.0. The Morgan fingerprint density at radius 2 is 2.35 bits per heavy atom. The zero-order valence-electron chi connectivity index (χ0n) is 11.7. The largest absolute Gasteiger partial charge is 0.360 e. The van der Waals surface area contributed by atoms with Crippen molar-refractivity contribution < 1.29 is 9.32 Å². The average molecular weight is 274 g/mol. The monoisotopic (exact) mass is 274 g/mol. The van der Waals surface area contributed by atoms with Gasteiger partial charge in [-0.25, -0.2) is 0 Å². The molecule has 0 aromatic carbocycles. The molecular weight excluding hydrogens is 256 g/mol. The highest BCUT2D eigenvalue weighted by molar-refractivity contribution is 6.02. The van der Waals surface area contributed by atoms with Crippen LogP contribution in [0.3, 0.4) is 0 Å². The Kier molecular flexibility index (Phi) is 3.30. The quantitative estimate of drug-likeness (QED) is 0.909. The van der Waals surface area contributed by atoms with Gasteiger partial charge in [-0.2, -0.15) is 5.10 Å². The fourth-order valence-electron chi connectivity index (χ4n) is 1.96. The van der Waals surface area contributed by atoms with Gasteiger partial charge in [0.2, 0.25) is 0 Å². The highest BCUT2D eigenvalue weighted by Crippen LogP contribution is 2.30. The second kappa shape index (κ2) is 5.11. The minimum atomic E-state index is -0.272. The van der Waals surface area contributed by atoms with Crippen LogP contribution in [0.4, 0.5) is 5.69 Å². The SMILES string of the molecule is CC(C)c1cc(C(=O)Nc2cnn(CC3CC3)c2)no1. The average Bonchev–Trinajstić information content (AvgIpc) is 2.92. The number of rotatable bonds is 5. The first kappa shape index (κ1) is 12.9. The molecule has 1 aliphatic carbocycles. The normalized spacial score (nSPS) is 14.8. The first-order valence-corrected chi connectivity index (χ1v) is 6.92. The molecule has 1 N–H and O–H groups in total. The Bertz CT molecular complexity index is 610. The summed E-state index contributed by atoms with van der Waals surface area (Å²) in [5, 5.41) is 10.8. The molecule has 1 fully saturated rings. The molecule has 1 amide bonds. The molecule has 3 rings (SSSR count). The van der Waals surface area contributed by atoms with Crippen molar-refractivity contribution in [2.45, 2.75) is 39.2 Å². The van der Waals surface area contributed by atoms with Gasteiger partial charge in [0.05, 0.1) is 11.9 Å². The Morgan fingerprint density at radius 3 is 3.00 bits per heavy atom. The lowest BCUT2D eigenvalue weighted by Gasteiger charge is -1.98. The third kappa shape index (κ3) is 2.89. The lowest BCUT2D eigenvalue weighted by Crippen LogP contribution is -2.11. The van der Waals surface area contributed by atoms with E-state index >= 15 is 0 Å². The van der Waals surface area contributed by atoms with Crippen molar-refractivity contribution in [3.8, 4) is 0 Å². The Balaban J connectivity index is 1.63. The van der Waals surface area contributed by atoms with E-state index in [4.69, 9.17) is 4.52 Å². The summed E-state index contributed by atoms with van der Waals surface area (Å²) in [7, 11) is 0. The van der Waals surface area contributed by atoms with Gasteiger partial charge in [0.25, 0.3) is 5.91 Å². The van der Waals surface area contributed by atoms with Crippen LogP contribution in [0.2, 0.25) is 0 Å². The van der Waals surface area contributed by atoms with E-state index in [0.29, 0.717) is 17.1 Å². The van der Waals surface area contributed by atoms with Crippen molar-refractivity contribution >= 4 is 11.6 Å². The smallest absolute Gasteiger partial charge is 0.277 e. The molecule has 2 aromatic heterocycles. The zero-order valence-corrected chi connectivity index (χ0v) is 11.7. The number of nitrogens with one attached hydrogen (secondary N) is 1. The molecule has 106 valence electrons. The van der Waals surface area contributed by atoms with E-state index in [-0.39, 0.29) is 11.8 Å². The molecule has 1 saturated carbocycles. The van der Waals surface area contributed by atoms with Crippen molar-refractivity contribution in [3.63, 3.8) is 0 Å². The molecule has 1 aliphatic rings. The summed E-state index contributed by atoms with van der Waals surface area (Å²) in [6.07, 6.45) is 6.06. The number of carbonyl (C=O) groups excluding carboxylic acids is 1. The van der Waals surface area contributed by atoms with Crippen LogP contribution in [-0.4, -0.2) is 20.8 Å². The van der Waals surface area contributed by atoms with Crippen LogP contribution in [0.1, 0.15) is 48.9 Å². The van der Waals surface area contributed by atoms with Gasteiger partial charge in [-0.1, -0.05) is 19.0 Å².